The third-order valence-electron chi connectivity index (χ3n) is 3.55. The van der Waals surface area contributed by atoms with Crippen LogP contribution in [0.15, 0.2) is 36.9 Å². The topological polar surface area (TPSA) is 55.3 Å². The molecule has 3 rings (SSSR count). The number of halogens is 3. The fraction of sp³-hybridized carbons (Fsp3) is 0.312. The van der Waals surface area contributed by atoms with Crippen molar-refractivity contribution >= 4 is 11.6 Å². The van der Waals surface area contributed by atoms with E-state index in [1.807, 2.05) is 0 Å². The van der Waals surface area contributed by atoms with E-state index in [2.05, 4.69) is 9.97 Å². The van der Waals surface area contributed by atoms with Crippen LogP contribution in [0.3, 0.4) is 0 Å². The summed E-state index contributed by atoms with van der Waals surface area (Å²) in [5, 5.41) is 0. The Morgan fingerprint density at radius 3 is 2.54 bits per heavy atom. The monoisotopic (exact) mass is 337 g/mol. The van der Waals surface area contributed by atoms with E-state index >= 15 is 0 Å². The van der Waals surface area contributed by atoms with Crippen LogP contribution >= 0.6 is 0 Å². The van der Waals surface area contributed by atoms with Gasteiger partial charge in [0.15, 0.2) is 0 Å². The molecule has 0 radical (unpaired) electrons. The van der Waals surface area contributed by atoms with Gasteiger partial charge in [0.05, 0.1) is 23.4 Å². The molecule has 1 aliphatic rings. The maximum atomic E-state index is 13.0. The minimum absolute atomic E-state index is 0.0815. The molecule has 0 aliphatic carbocycles. The Kier molecular flexibility index (Phi) is 3.70. The lowest BCUT2D eigenvalue weighted by Gasteiger charge is -2.40. The molecule has 1 aromatic heterocycles. The summed E-state index contributed by atoms with van der Waals surface area (Å²) in [5.41, 5.74) is -1.30. The molecule has 0 fully saturated rings. The van der Waals surface area contributed by atoms with Crippen molar-refractivity contribution in [3.63, 3.8) is 0 Å². The van der Waals surface area contributed by atoms with E-state index in [4.69, 9.17) is 4.74 Å². The first-order chi connectivity index (χ1) is 11.2. The Bertz CT molecular complexity index is 776. The number of amides is 1. The average Bonchev–Trinajstić information content (AvgIpc) is 2.52. The van der Waals surface area contributed by atoms with E-state index in [0.717, 1.165) is 12.1 Å². The molecular formula is C16H14F3N3O2. The molecule has 0 unspecified atom stereocenters. The first-order valence-electron chi connectivity index (χ1n) is 7.14. The van der Waals surface area contributed by atoms with Crippen molar-refractivity contribution in [3.05, 3.63) is 48.0 Å². The van der Waals surface area contributed by atoms with Crippen LogP contribution in [0.2, 0.25) is 0 Å². The van der Waals surface area contributed by atoms with Gasteiger partial charge in [-0.1, -0.05) is 0 Å². The number of anilines is 1. The molecule has 1 amide bonds. The zero-order chi connectivity index (χ0) is 17.5. The average molecular weight is 337 g/mol. The number of rotatable bonds is 1. The van der Waals surface area contributed by atoms with Crippen LogP contribution in [0, 0.1) is 0 Å². The van der Waals surface area contributed by atoms with Crippen molar-refractivity contribution < 1.29 is 22.7 Å². The predicted octanol–water partition coefficient (Wildman–Crippen LogP) is 3.31. The number of alkyl halides is 3. The SMILES string of the molecule is CC1(C)CN(C(=O)c2cncnc2)c2cc(C(F)(F)F)ccc2O1. The van der Waals surface area contributed by atoms with Crippen LogP contribution in [0.5, 0.6) is 5.75 Å². The van der Waals surface area contributed by atoms with Gasteiger partial charge in [0.25, 0.3) is 5.91 Å². The Hall–Kier alpha value is -2.64. The fourth-order valence-electron chi connectivity index (χ4n) is 2.53. The number of ether oxygens (including phenoxy) is 1. The number of carbonyl (C=O) groups is 1. The molecule has 0 atom stereocenters. The molecule has 0 N–H and O–H groups in total. The van der Waals surface area contributed by atoms with E-state index in [0.29, 0.717) is 0 Å². The highest BCUT2D eigenvalue weighted by molar-refractivity contribution is 6.07. The van der Waals surface area contributed by atoms with Gasteiger partial charge in [0.1, 0.15) is 17.7 Å². The molecule has 1 aliphatic heterocycles. The second-order valence-corrected chi connectivity index (χ2v) is 6.06. The molecule has 126 valence electrons. The number of benzene rings is 1. The van der Waals surface area contributed by atoms with Crippen LogP contribution in [0.25, 0.3) is 0 Å². The van der Waals surface area contributed by atoms with Crippen molar-refractivity contribution in [2.75, 3.05) is 11.4 Å². The van der Waals surface area contributed by atoms with Gasteiger partial charge in [-0.2, -0.15) is 13.2 Å². The van der Waals surface area contributed by atoms with Gasteiger partial charge in [-0.25, -0.2) is 9.97 Å². The maximum absolute atomic E-state index is 13.0. The van der Waals surface area contributed by atoms with E-state index in [1.165, 1.54) is 29.7 Å². The summed E-state index contributed by atoms with van der Waals surface area (Å²) in [5.74, 6) is -0.253. The minimum Gasteiger partial charge on any atom is -0.484 e. The Balaban J connectivity index is 2.09. The summed E-state index contributed by atoms with van der Waals surface area (Å²) < 4.78 is 44.7. The van der Waals surface area contributed by atoms with Crippen molar-refractivity contribution in [2.45, 2.75) is 25.6 Å². The van der Waals surface area contributed by atoms with Crippen molar-refractivity contribution in [1.29, 1.82) is 0 Å². The lowest BCUT2D eigenvalue weighted by Crippen LogP contribution is -2.49. The highest BCUT2D eigenvalue weighted by atomic mass is 19.4. The number of fused-ring (bicyclic) bond motifs is 1. The molecule has 2 aromatic rings. The number of hydrogen-bond donors (Lipinski definition) is 0. The highest BCUT2D eigenvalue weighted by Crippen LogP contribution is 2.41. The first kappa shape index (κ1) is 16.2. The summed E-state index contributed by atoms with van der Waals surface area (Å²) in [7, 11) is 0. The second-order valence-electron chi connectivity index (χ2n) is 6.06. The largest absolute Gasteiger partial charge is 0.484 e. The van der Waals surface area contributed by atoms with Crippen LogP contribution in [0.1, 0.15) is 29.8 Å². The molecule has 0 saturated carbocycles. The van der Waals surface area contributed by atoms with Gasteiger partial charge in [-0.3, -0.25) is 4.79 Å². The number of nitrogens with zero attached hydrogens (tertiary/aromatic N) is 3. The van der Waals surface area contributed by atoms with Crippen LogP contribution in [-0.2, 0) is 6.18 Å². The van der Waals surface area contributed by atoms with Crippen molar-refractivity contribution in [1.82, 2.24) is 9.97 Å². The molecule has 2 heterocycles. The Morgan fingerprint density at radius 2 is 1.92 bits per heavy atom. The molecule has 0 spiro atoms. The highest BCUT2D eigenvalue weighted by Gasteiger charge is 2.38. The predicted molar refractivity (Wildman–Crippen MR) is 79.9 cm³/mol. The molecule has 8 heteroatoms. The first-order valence-corrected chi connectivity index (χ1v) is 7.14. The molecular weight excluding hydrogens is 323 g/mol. The van der Waals surface area contributed by atoms with Crippen LogP contribution in [0.4, 0.5) is 18.9 Å². The quantitative estimate of drug-likeness (QED) is 0.801. The number of carbonyl (C=O) groups excluding carboxylic acids is 1. The fourth-order valence-corrected chi connectivity index (χ4v) is 2.53. The third-order valence-corrected chi connectivity index (χ3v) is 3.55. The van der Waals surface area contributed by atoms with Crippen LogP contribution in [-0.4, -0.2) is 28.0 Å². The summed E-state index contributed by atoms with van der Waals surface area (Å²) >= 11 is 0. The summed E-state index contributed by atoms with van der Waals surface area (Å²) in [6, 6.07) is 3.10. The second kappa shape index (κ2) is 5.47. The zero-order valence-electron chi connectivity index (χ0n) is 13.0. The molecule has 0 saturated heterocycles. The lowest BCUT2D eigenvalue weighted by atomic mass is 10.0. The van der Waals surface area contributed by atoms with Gasteiger partial charge in [0, 0.05) is 12.4 Å². The summed E-state index contributed by atoms with van der Waals surface area (Å²) in [6.07, 6.45) is -0.585. The molecule has 5 nitrogen and oxygen atoms in total. The number of aromatic nitrogens is 2. The van der Waals surface area contributed by atoms with E-state index in [9.17, 15) is 18.0 Å². The van der Waals surface area contributed by atoms with Gasteiger partial charge in [-0.15, -0.1) is 0 Å². The van der Waals surface area contributed by atoms with Gasteiger partial charge in [0.2, 0.25) is 0 Å². The van der Waals surface area contributed by atoms with E-state index < -0.39 is 23.2 Å². The lowest BCUT2D eigenvalue weighted by molar-refractivity contribution is -0.137. The van der Waals surface area contributed by atoms with Crippen molar-refractivity contribution in [2.24, 2.45) is 0 Å². The summed E-state index contributed by atoms with van der Waals surface area (Å²) in [6.45, 7) is 3.62. The molecule has 1 aromatic carbocycles. The minimum atomic E-state index is -4.51. The third kappa shape index (κ3) is 3.04. The van der Waals surface area contributed by atoms with Gasteiger partial charge < -0.3 is 9.64 Å². The summed E-state index contributed by atoms with van der Waals surface area (Å²) in [4.78, 5) is 21.6. The Labute approximate surface area is 136 Å². The van der Waals surface area contributed by atoms with Crippen molar-refractivity contribution in [3.8, 4) is 5.75 Å². The van der Waals surface area contributed by atoms with Gasteiger partial charge in [-0.05, 0) is 32.0 Å². The zero-order valence-corrected chi connectivity index (χ0v) is 13.0. The normalized spacial score (nSPS) is 16.3. The number of hydrogen-bond acceptors (Lipinski definition) is 4. The van der Waals surface area contributed by atoms with Gasteiger partial charge >= 0.3 is 6.18 Å². The van der Waals surface area contributed by atoms with Crippen LogP contribution < -0.4 is 9.64 Å². The standard InChI is InChI=1S/C16H14F3N3O2/c1-15(2)8-22(14(23)10-6-20-9-21-7-10)12-5-11(16(17,18)19)3-4-13(12)24-15/h3-7,9H,8H2,1-2H3. The Morgan fingerprint density at radius 1 is 1.25 bits per heavy atom. The molecule has 24 heavy (non-hydrogen) atoms. The molecule has 0 bridgehead atoms. The van der Waals surface area contributed by atoms with E-state index in [-0.39, 0.29) is 23.5 Å². The van der Waals surface area contributed by atoms with E-state index in [1.54, 1.807) is 13.8 Å². The smallest absolute Gasteiger partial charge is 0.416 e. The maximum Gasteiger partial charge on any atom is 0.416 e.